The van der Waals surface area contributed by atoms with E-state index in [1.807, 2.05) is 17.6 Å². The fourth-order valence-corrected chi connectivity index (χ4v) is 3.19. The molecule has 8 heteroatoms. The van der Waals surface area contributed by atoms with Gasteiger partial charge in [0.05, 0.1) is 18.6 Å². The molecule has 0 bridgehead atoms. The molecule has 7 nitrogen and oxygen atoms in total. The molecular formula is C19H18FN7. The second kappa shape index (κ2) is 6.15. The smallest absolute Gasteiger partial charge is 0.230 e. The predicted molar refractivity (Wildman–Crippen MR) is 99.4 cm³/mol. The van der Waals surface area contributed by atoms with E-state index in [1.54, 1.807) is 24.7 Å². The van der Waals surface area contributed by atoms with Gasteiger partial charge in [-0.15, -0.1) is 0 Å². The van der Waals surface area contributed by atoms with Gasteiger partial charge in [0, 0.05) is 17.7 Å². The highest BCUT2D eigenvalue weighted by Crippen LogP contribution is 2.39. The molecule has 1 aromatic carbocycles. The van der Waals surface area contributed by atoms with Gasteiger partial charge in [-0.05, 0) is 37.5 Å². The van der Waals surface area contributed by atoms with Crippen molar-refractivity contribution < 1.29 is 4.39 Å². The highest BCUT2D eigenvalue weighted by molar-refractivity contribution is 5.72. The zero-order chi connectivity index (χ0) is 18.4. The van der Waals surface area contributed by atoms with Crippen LogP contribution >= 0.6 is 0 Å². The molecule has 0 spiro atoms. The molecule has 3 heterocycles. The Hall–Kier alpha value is -3.29. The molecular weight excluding hydrogens is 345 g/mol. The predicted octanol–water partition coefficient (Wildman–Crippen LogP) is 3.92. The van der Waals surface area contributed by atoms with Crippen LogP contribution in [0.15, 0.2) is 42.9 Å². The second-order valence-corrected chi connectivity index (χ2v) is 6.89. The summed E-state index contributed by atoms with van der Waals surface area (Å²) < 4.78 is 15.2. The van der Waals surface area contributed by atoms with Crippen LogP contribution in [0, 0.1) is 5.82 Å². The lowest BCUT2D eigenvalue weighted by molar-refractivity contribution is 0.619. The molecule has 136 valence electrons. The average Bonchev–Trinajstić information content (AvgIpc) is 3.28. The van der Waals surface area contributed by atoms with Crippen molar-refractivity contribution in [1.29, 1.82) is 0 Å². The van der Waals surface area contributed by atoms with Crippen LogP contribution in [0.1, 0.15) is 43.0 Å². The number of fused-ring (bicyclic) bond motifs is 1. The number of hydrogen-bond acceptors (Lipinski definition) is 5. The molecule has 1 aliphatic carbocycles. The molecule has 1 unspecified atom stereocenters. The number of aromatic nitrogens is 6. The van der Waals surface area contributed by atoms with Crippen LogP contribution in [0.5, 0.6) is 0 Å². The zero-order valence-electron chi connectivity index (χ0n) is 14.7. The van der Waals surface area contributed by atoms with E-state index in [2.05, 4.69) is 30.5 Å². The number of anilines is 2. The summed E-state index contributed by atoms with van der Waals surface area (Å²) in [4.78, 5) is 13.3. The molecule has 4 aromatic rings. The minimum absolute atomic E-state index is 0.0368. The number of imidazole rings is 1. The Morgan fingerprint density at radius 3 is 2.81 bits per heavy atom. The van der Waals surface area contributed by atoms with Gasteiger partial charge < -0.3 is 9.88 Å². The highest BCUT2D eigenvalue weighted by Gasteiger charge is 2.25. The summed E-state index contributed by atoms with van der Waals surface area (Å²) >= 11 is 0. The van der Waals surface area contributed by atoms with E-state index in [-0.39, 0.29) is 11.9 Å². The summed E-state index contributed by atoms with van der Waals surface area (Å²) in [6, 6.07) is 8.43. The van der Waals surface area contributed by atoms with Gasteiger partial charge in [-0.25, -0.2) is 14.4 Å². The van der Waals surface area contributed by atoms with E-state index in [4.69, 9.17) is 0 Å². The molecule has 1 fully saturated rings. The van der Waals surface area contributed by atoms with Crippen molar-refractivity contribution in [2.24, 2.45) is 0 Å². The third-order valence-electron chi connectivity index (χ3n) is 4.94. The van der Waals surface area contributed by atoms with Crippen molar-refractivity contribution in [2.75, 3.05) is 5.32 Å². The number of nitrogens with one attached hydrogen (secondary N) is 2. The summed E-state index contributed by atoms with van der Waals surface area (Å²) in [6.45, 7) is 2.03. The molecule has 0 radical (unpaired) electrons. The minimum atomic E-state index is -0.250. The van der Waals surface area contributed by atoms with E-state index in [1.165, 1.54) is 25.0 Å². The van der Waals surface area contributed by atoms with Gasteiger partial charge in [0.1, 0.15) is 11.3 Å². The third-order valence-corrected chi connectivity index (χ3v) is 4.94. The number of nitrogens with zero attached hydrogens (tertiary/aromatic N) is 5. The van der Waals surface area contributed by atoms with Gasteiger partial charge in [0.2, 0.25) is 5.95 Å². The number of hydrogen-bond donors (Lipinski definition) is 2. The van der Waals surface area contributed by atoms with Crippen molar-refractivity contribution in [3.8, 4) is 0 Å². The number of rotatable bonds is 5. The maximum absolute atomic E-state index is 13.2. The zero-order valence-corrected chi connectivity index (χ0v) is 14.7. The molecule has 0 saturated heterocycles. The Morgan fingerprint density at radius 1 is 1.22 bits per heavy atom. The lowest BCUT2D eigenvalue weighted by Gasteiger charge is -2.14. The van der Waals surface area contributed by atoms with Crippen molar-refractivity contribution in [1.82, 2.24) is 29.7 Å². The van der Waals surface area contributed by atoms with Gasteiger partial charge in [0.15, 0.2) is 11.5 Å². The fraction of sp³-hybridized carbons (Fsp3) is 0.263. The first kappa shape index (κ1) is 15.9. The van der Waals surface area contributed by atoms with Gasteiger partial charge >= 0.3 is 0 Å². The summed E-state index contributed by atoms with van der Waals surface area (Å²) in [5, 5.41) is 10.5. The molecule has 1 saturated carbocycles. The van der Waals surface area contributed by atoms with Gasteiger partial charge in [-0.1, -0.05) is 12.1 Å². The monoisotopic (exact) mass is 363 g/mol. The molecule has 3 aromatic heterocycles. The average molecular weight is 363 g/mol. The van der Waals surface area contributed by atoms with Crippen LogP contribution in [0.2, 0.25) is 0 Å². The number of H-pyrrole nitrogens is 1. The number of halogens is 1. The molecule has 0 aliphatic heterocycles. The van der Waals surface area contributed by atoms with Crippen LogP contribution in [0.25, 0.3) is 11.2 Å². The fourth-order valence-electron chi connectivity index (χ4n) is 3.19. The van der Waals surface area contributed by atoms with E-state index in [9.17, 15) is 4.39 Å². The van der Waals surface area contributed by atoms with Crippen LogP contribution in [0.4, 0.5) is 16.2 Å². The summed E-state index contributed by atoms with van der Waals surface area (Å²) in [6.07, 6.45) is 5.85. The molecule has 1 aliphatic rings. The topological polar surface area (TPSA) is 84.3 Å². The molecule has 27 heavy (non-hydrogen) atoms. The van der Waals surface area contributed by atoms with Crippen molar-refractivity contribution in [2.45, 2.75) is 31.7 Å². The Morgan fingerprint density at radius 2 is 2.04 bits per heavy atom. The van der Waals surface area contributed by atoms with Crippen molar-refractivity contribution in [3.05, 3.63) is 59.9 Å². The van der Waals surface area contributed by atoms with Crippen LogP contribution < -0.4 is 5.32 Å². The van der Waals surface area contributed by atoms with Crippen LogP contribution in [-0.4, -0.2) is 29.7 Å². The van der Waals surface area contributed by atoms with Gasteiger partial charge in [-0.2, -0.15) is 10.1 Å². The normalized spacial score (nSPS) is 15.2. The Kier molecular flexibility index (Phi) is 3.63. The van der Waals surface area contributed by atoms with E-state index >= 15 is 0 Å². The maximum atomic E-state index is 13.2. The SMILES string of the molecule is CC(c1ccc(F)cc1)n1cnc2cnc(Nc3cc(C4CC4)[nH]n3)nc21. The first-order chi connectivity index (χ1) is 13.2. The van der Waals surface area contributed by atoms with E-state index in [0.29, 0.717) is 28.8 Å². The summed E-state index contributed by atoms with van der Waals surface area (Å²) in [7, 11) is 0. The minimum Gasteiger partial charge on any atom is -0.308 e. The Balaban J connectivity index is 1.45. The number of aromatic amines is 1. The lowest BCUT2D eigenvalue weighted by Crippen LogP contribution is -2.07. The van der Waals surface area contributed by atoms with Crippen LogP contribution in [0.3, 0.4) is 0 Å². The third kappa shape index (κ3) is 3.03. The van der Waals surface area contributed by atoms with Gasteiger partial charge in [0.25, 0.3) is 0 Å². The first-order valence-corrected chi connectivity index (χ1v) is 8.95. The maximum Gasteiger partial charge on any atom is 0.230 e. The van der Waals surface area contributed by atoms with Gasteiger partial charge in [-0.3, -0.25) is 5.10 Å². The van der Waals surface area contributed by atoms with Crippen molar-refractivity contribution in [3.63, 3.8) is 0 Å². The largest absolute Gasteiger partial charge is 0.308 e. The highest BCUT2D eigenvalue weighted by atomic mass is 19.1. The standard InChI is InChI=1S/C19H18FN7/c1-11(12-4-6-14(20)7-5-12)27-10-22-16-9-21-19(24-18(16)27)23-17-8-15(25-26-17)13-2-3-13/h4-11,13H,2-3H2,1H3,(H2,21,23,24,25,26). The quantitative estimate of drug-likeness (QED) is 0.561. The summed E-state index contributed by atoms with van der Waals surface area (Å²) in [5.74, 6) is 1.52. The summed E-state index contributed by atoms with van der Waals surface area (Å²) in [5.41, 5.74) is 3.54. The lowest BCUT2D eigenvalue weighted by atomic mass is 10.1. The van der Waals surface area contributed by atoms with Crippen LogP contribution in [-0.2, 0) is 0 Å². The first-order valence-electron chi connectivity index (χ1n) is 8.95. The van der Waals surface area contributed by atoms with Crippen molar-refractivity contribution >= 4 is 22.9 Å². The van der Waals surface area contributed by atoms with E-state index in [0.717, 1.165) is 11.3 Å². The van der Waals surface area contributed by atoms with E-state index < -0.39 is 0 Å². The molecule has 5 rings (SSSR count). The second-order valence-electron chi connectivity index (χ2n) is 6.89. The Bertz CT molecular complexity index is 1090. The Labute approximate surface area is 154 Å². The molecule has 2 N–H and O–H groups in total. The molecule has 1 atom stereocenters. The number of benzene rings is 1. The molecule has 0 amide bonds.